The van der Waals surface area contributed by atoms with Crippen molar-refractivity contribution in [3.05, 3.63) is 84.4 Å². The van der Waals surface area contributed by atoms with Crippen LogP contribution in [-0.4, -0.2) is 26.3 Å². The van der Waals surface area contributed by atoms with Crippen LogP contribution in [0.15, 0.2) is 78.9 Å². The summed E-state index contributed by atoms with van der Waals surface area (Å²) in [6, 6.07) is 24.2. The van der Waals surface area contributed by atoms with Gasteiger partial charge in [-0.15, -0.1) is 0 Å². The van der Waals surface area contributed by atoms with Crippen LogP contribution in [0.5, 0.6) is 11.5 Å². The second-order valence-electron chi connectivity index (χ2n) is 5.62. The summed E-state index contributed by atoms with van der Waals surface area (Å²) in [5.41, 5.74) is 2.34. The molecule has 3 aromatic carbocycles. The fourth-order valence-electron chi connectivity index (χ4n) is 2.50. The number of para-hydroxylation sites is 1. The summed E-state index contributed by atoms with van der Waals surface area (Å²) in [5.74, 6) is 0.809. The third-order valence-electron chi connectivity index (χ3n) is 3.82. The molecule has 0 amide bonds. The van der Waals surface area contributed by atoms with E-state index < -0.39 is 5.97 Å². The lowest BCUT2D eigenvalue weighted by Crippen LogP contribution is -2.09. The second kappa shape index (κ2) is 8.83. The molecule has 0 aliphatic carbocycles. The van der Waals surface area contributed by atoms with Crippen molar-refractivity contribution >= 4 is 5.97 Å². The Kier molecular flexibility index (Phi) is 6.01. The predicted molar refractivity (Wildman–Crippen MR) is 101 cm³/mol. The molecule has 3 aromatic rings. The van der Waals surface area contributed by atoms with Crippen LogP contribution in [0, 0.1) is 0 Å². The van der Waals surface area contributed by atoms with Crippen molar-refractivity contribution in [3.8, 4) is 22.6 Å². The van der Waals surface area contributed by atoms with E-state index in [1.165, 1.54) is 0 Å². The standard InChI is InChI=1S/C22H20O4/c1-24-15-16-25-19-13-11-18(12-14-19)22(23)26-21-10-6-5-9-20(21)17-7-3-2-4-8-17/h2-14H,15-16H2,1H3. The molecule has 3 rings (SSSR count). The number of ether oxygens (including phenoxy) is 3. The molecule has 0 aliphatic rings. The fraction of sp³-hybridized carbons (Fsp3) is 0.136. The molecule has 0 saturated heterocycles. The maximum atomic E-state index is 12.5. The summed E-state index contributed by atoms with van der Waals surface area (Å²) < 4.78 is 16.1. The highest BCUT2D eigenvalue weighted by molar-refractivity contribution is 5.92. The van der Waals surface area contributed by atoms with Gasteiger partial charge < -0.3 is 14.2 Å². The first kappa shape index (κ1) is 17.7. The lowest BCUT2D eigenvalue weighted by Gasteiger charge is -2.11. The molecule has 0 spiro atoms. The number of carbonyl (C=O) groups is 1. The molecule has 0 N–H and O–H groups in total. The minimum atomic E-state index is -0.406. The molecule has 132 valence electrons. The van der Waals surface area contributed by atoms with Gasteiger partial charge in [0.15, 0.2) is 0 Å². The third kappa shape index (κ3) is 4.49. The van der Waals surface area contributed by atoms with E-state index in [1.807, 2.05) is 48.5 Å². The van der Waals surface area contributed by atoms with Crippen LogP contribution in [-0.2, 0) is 4.74 Å². The van der Waals surface area contributed by atoms with Crippen LogP contribution < -0.4 is 9.47 Å². The monoisotopic (exact) mass is 348 g/mol. The summed E-state index contributed by atoms with van der Waals surface area (Å²) in [4.78, 5) is 12.5. The smallest absolute Gasteiger partial charge is 0.343 e. The van der Waals surface area contributed by atoms with Crippen LogP contribution in [0.2, 0.25) is 0 Å². The Hall–Kier alpha value is -3.11. The number of esters is 1. The molecule has 0 aliphatic heterocycles. The van der Waals surface area contributed by atoms with Gasteiger partial charge in [0.1, 0.15) is 18.1 Å². The molecule has 4 heteroatoms. The summed E-state index contributed by atoms with van der Waals surface area (Å²) in [6.07, 6.45) is 0. The largest absolute Gasteiger partial charge is 0.491 e. The number of hydrogen-bond donors (Lipinski definition) is 0. The number of rotatable bonds is 7. The van der Waals surface area contributed by atoms with Gasteiger partial charge >= 0.3 is 5.97 Å². The van der Waals surface area contributed by atoms with E-state index in [9.17, 15) is 4.79 Å². The van der Waals surface area contributed by atoms with E-state index in [0.717, 1.165) is 11.1 Å². The summed E-state index contributed by atoms with van der Waals surface area (Å²) in [6.45, 7) is 0.977. The van der Waals surface area contributed by atoms with Gasteiger partial charge in [-0.1, -0.05) is 48.5 Å². The fourth-order valence-corrected chi connectivity index (χ4v) is 2.50. The summed E-state index contributed by atoms with van der Waals surface area (Å²) in [5, 5.41) is 0. The Balaban J connectivity index is 1.73. The zero-order valence-corrected chi connectivity index (χ0v) is 14.6. The molecule has 4 nitrogen and oxygen atoms in total. The van der Waals surface area contributed by atoms with E-state index in [4.69, 9.17) is 14.2 Å². The maximum Gasteiger partial charge on any atom is 0.343 e. The van der Waals surface area contributed by atoms with E-state index in [-0.39, 0.29) is 0 Å². The zero-order valence-electron chi connectivity index (χ0n) is 14.6. The van der Waals surface area contributed by atoms with E-state index >= 15 is 0 Å². The highest BCUT2D eigenvalue weighted by atomic mass is 16.5. The zero-order chi connectivity index (χ0) is 18.2. The van der Waals surface area contributed by atoms with Gasteiger partial charge in [-0.05, 0) is 35.9 Å². The number of benzene rings is 3. The molecule has 0 heterocycles. The summed E-state index contributed by atoms with van der Waals surface area (Å²) >= 11 is 0. The summed E-state index contributed by atoms with van der Waals surface area (Å²) in [7, 11) is 1.62. The molecule has 0 saturated carbocycles. The van der Waals surface area contributed by atoms with Gasteiger partial charge in [-0.25, -0.2) is 4.79 Å². The Morgan fingerprint density at radius 2 is 1.50 bits per heavy atom. The van der Waals surface area contributed by atoms with Gasteiger partial charge in [-0.2, -0.15) is 0 Å². The lowest BCUT2D eigenvalue weighted by atomic mass is 10.0. The Labute approximate surface area is 153 Å². The normalized spacial score (nSPS) is 10.3. The van der Waals surface area contributed by atoms with Crippen molar-refractivity contribution in [3.63, 3.8) is 0 Å². The molecular formula is C22H20O4. The first-order valence-electron chi connectivity index (χ1n) is 8.36. The highest BCUT2D eigenvalue weighted by Gasteiger charge is 2.12. The molecule has 26 heavy (non-hydrogen) atoms. The lowest BCUT2D eigenvalue weighted by molar-refractivity contribution is 0.0735. The molecule has 0 aromatic heterocycles. The number of methoxy groups -OCH3 is 1. The minimum Gasteiger partial charge on any atom is -0.491 e. The second-order valence-corrected chi connectivity index (χ2v) is 5.62. The average Bonchev–Trinajstić information content (AvgIpc) is 2.70. The van der Waals surface area contributed by atoms with Crippen LogP contribution in [0.1, 0.15) is 10.4 Å². The van der Waals surface area contributed by atoms with Crippen LogP contribution in [0.25, 0.3) is 11.1 Å². The Bertz CT molecular complexity index is 842. The molecular weight excluding hydrogens is 328 g/mol. The van der Waals surface area contributed by atoms with Crippen molar-refractivity contribution < 1.29 is 19.0 Å². The van der Waals surface area contributed by atoms with Gasteiger partial charge in [0.2, 0.25) is 0 Å². The van der Waals surface area contributed by atoms with E-state index in [1.54, 1.807) is 37.4 Å². The van der Waals surface area contributed by atoms with Crippen LogP contribution in [0.3, 0.4) is 0 Å². The van der Waals surface area contributed by atoms with Crippen LogP contribution in [0.4, 0.5) is 0 Å². The molecule has 0 atom stereocenters. The molecule has 0 fully saturated rings. The first-order valence-corrected chi connectivity index (χ1v) is 8.36. The van der Waals surface area contributed by atoms with Crippen molar-refractivity contribution in [2.45, 2.75) is 0 Å². The van der Waals surface area contributed by atoms with Crippen molar-refractivity contribution in [1.29, 1.82) is 0 Å². The van der Waals surface area contributed by atoms with Gasteiger partial charge in [0, 0.05) is 12.7 Å². The Morgan fingerprint density at radius 3 is 2.23 bits per heavy atom. The van der Waals surface area contributed by atoms with Crippen molar-refractivity contribution in [2.24, 2.45) is 0 Å². The van der Waals surface area contributed by atoms with Crippen molar-refractivity contribution in [2.75, 3.05) is 20.3 Å². The molecule has 0 bridgehead atoms. The molecule has 0 radical (unpaired) electrons. The average molecular weight is 348 g/mol. The SMILES string of the molecule is COCCOc1ccc(C(=O)Oc2ccccc2-c2ccccc2)cc1. The predicted octanol–water partition coefficient (Wildman–Crippen LogP) is 4.60. The Morgan fingerprint density at radius 1 is 0.808 bits per heavy atom. The topological polar surface area (TPSA) is 44.8 Å². The van der Waals surface area contributed by atoms with Crippen molar-refractivity contribution in [1.82, 2.24) is 0 Å². The quantitative estimate of drug-likeness (QED) is 0.356. The molecule has 0 unspecified atom stereocenters. The van der Waals surface area contributed by atoms with Gasteiger partial charge in [0.25, 0.3) is 0 Å². The van der Waals surface area contributed by atoms with Gasteiger partial charge in [-0.3, -0.25) is 0 Å². The third-order valence-corrected chi connectivity index (χ3v) is 3.82. The number of hydrogen-bond acceptors (Lipinski definition) is 4. The van der Waals surface area contributed by atoms with Gasteiger partial charge in [0.05, 0.1) is 12.2 Å². The highest BCUT2D eigenvalue weighted by Crippen LogP contribution is 2.30. The van der Waals surface area contributed by atoms with E-state index in [0.29, 0.717) is 30.3 Å². The first-order chi connectivity index (χ1) is 12.8. The van der Waals surface area contributed by atoms with E-state index in [2.05, 4.69) is 0 Å². The maximum absolute atomic E-state index is 12.5. The minimum absolute atomic E-state index is 0.406. The number of carbonyl (C=O) groups excluding carboxylic acids is 1. The van der Waals surface area contributed by atoms with Crippen LogP contribution >= 0.6 is 0 Å².